The molecule has 3 aliphatic rings. The first kappa shape index (κ1) is 34.8. The van der Waals surface area contributed by atoms with Crippen molar-refractivity contribution in [3.8, 4) is 17.2 Å². The standard InChI is InChI=1S/C27H29NO11.C5H8O2/c1-10-22(31)13(28)6-17(38-10)39-15-8-27(36,16(30)9-29)7-12-19(15)26(35)21-20(24(12)33)23(32)11-4-3-5-14(37-2)18(11)25(21)34;6-4-2-1-3-5-7/h3-5,10,13,15,17,22,29,31,33,35-36H,6-9,28H2,1-2H3;4-5H,1-3H2/t10-,13-,15-,17-,22+,27-;/m0./s1. The van der Waals surface area contributed by atoms with Gasteiger partial charge in [-0.1, -0.05) is 12.1 Å². The van der Waals surface area contributed by atoms with Crippen LogP contribution in [0.15, 0.2) is 18.2 Å². The Balaban J connectivity index is 0.000000617. The van der Waals surface area contributed by atoms with Gasteiger partial charge in [-0.25, -0.2) is 0 Å². The number of aliphatic hydroxyl groups is 3. The number of aromatic hydroxyl groups is 2. The Labute approximate surface area is 263 Å². The van der Waals surface area contributed by atoms with E-state index in [2.05, 4.69) is 0 Å². The maximum absolute atomic E-state index is 13.6. The molecule has 14 nitrogen and oxygen atoms in total. The molecule has 14 heteroatoms. The summed E-state index contributed by atoms with van der Waals surface area (Å²) < 4.78 is 17.0. The number of fused-ring (bicyclic) bond motifs is 3. The molecular formula is C32H37NO13. The molecule has 0 radical (unpaired) electrons. The predicted molar refractivity (Wildman–Crippen MR) is 158 cm³/mol. The Kier molecular flexibility index (Phi) is 10.7. The highest BCUT2D eigenvalue weighted by atomic mass is 16.7. The largest absolute Gasteiger partial charge is 0.507 e. The number of hydrogen-bond donors (Lipinski definition) is 6. The molecule has 0 saturated carbocycles. The minimum Gasteiger partial charge on any atom is -0.507 e. The Morgan fingerprint density at radius 3 is 2.33 bits per heavy atom. The molecule has 248 valence electrons. The number of methoxy groups -OCH3 is 1. The molecule has 2 aromatic rings. The van der Waals surface area contributed by atoms with Gasteiger partial charge < -0.3 is 55.1 Å². The summed E-state index contributed by atoms with van der Waals surface area (Å²) in [5.74, 6) is -3.77. The lowest BCUT2D eigenvalue weighted by atomic mass is 9.72. The van der Waals surface area contributed by atoms with Crippen LogP contribution in [0.2, 0.25) is 0 Å². The molecule has 0 spiro atoms. The smallest absolute Gasteiger partial charge is 0.202 e. The minimum absolute atomic E-state index is 0.0173. The van der Waals surface area contributed by atoms with Gasteiger partial charge in [-0.05, 0) is 19.4 Å². The first-order valence-corrected chi connectivity index (χ1v) is 14.7. The number of phenols is 2. The van der Waals surface area contributed by atoms with Crippen molar-refractivity contribution < 1.29 is 63.7 Å². The Morgan fingerprint density at radius 1 is 1.09 bits per heavy atom. The van der Waals surface area contributed by atoms with Crippen molar-refractivity contribution in [3.63, 3.8) is 0 Å². The average molecular weight is 644 g/mol. The first-order chi connectivity index (χ1) is 21.8. The van der Waals surface area contributed by atoms with Gasteiger partial charge in [-0.15, -0.1) is 0 Å². The molecule has 1 heterocycles. The number of aldehydes is 2. The van der Waals surface area contributed by atoms with E-state index in [9.17, 15) is 49.5 Å². The van der Waals surface area contributed by atoms with Crippen LogP contribution in [0.25, 0.3) is 0 Å². The second-order valence-electron chi connectivity index (χ2n) is 11.4. The van der Waals surface area contributed by atoms with Crippen molar-refractivity contribution in [3.05, 3.63) is 51.6 Å². The number of hydrogen-bond acceptors (Lipinski definition) is 14. The number of carbonyl (C=O) groups is 5. The summed E-state index contributed by atoms with van der Waals surface area (Å²) in [6, 6.07) is 3.64. The lowest BCUT2D eigenvalue weighted by molar-refractivity contribution is -0.247. The zero-order chi connectivity index (χ0) is 33.9. The highest BCUT2D eigenvalue weighted by Gasteiger charge is 2.50. The summed E-state index contributed by atoms with van der Waals surface area (Å²) in [6.07, 6.45) is -1.75. The highest BCUT2D eigenvalue weighted by molar-refractivity contribution is 6.31. The van der Waals surface area contributed by atoms with E-state index in [0.29, 0.717) is 19.3 Å². The van der Waals surface area contributed by atoms with Gasteiger partial charge in [-0.2, -0.15) is 0 Å². The minimum atomic E-state index is -2.24. The summed E-state index contributed by atoms with van der Waals surface area (Å²) in [5, 5.41) is 53.7. The molecule has 0 aromatic heterocycles. The van der Waals surface area contributed by atoms with Gasteiger partial charge in [0, 0.05) is 54.8 Å². The number of rotatable bonds is 9. The van der Waals surface area contributed by atoms with Crippen LogP contribution < -0.4 is 10.5 Å². The van der Waals surface area contributed by atoms with Crippen LogP contribution in [0.1, 0.15) is 88.1 Å². The molecule has 1 aliphatic heterocycles. The fraction of sp³-hybridized carbons (Fsp3) is 0.469. The fourth-order valence-corrected chi connectivity index (χ4v) is 6.03. The number of unbranched alkanes of at least 4 members (excludes halogenated alkanes) is 2. The normalized spacial score (nSPS) is 26.5. The van der Waals surface area contributed by atoms with Crippen molar-refractivity contribution in [2.24, 2.45) is 5.73 Å². The third kappa shape index (κ3) is 6.32. The van der Waals surface area contributed by atoms with Crippen LogP contribution in [0.4, 0.5) is 0 Å². The molecule has 0 bridgehead atoms. The number of carbonyl (C=O) groups excluding carboxylic acids is 5. The quantitative estimate of drug-likeness (QED) is 0.106. The third-order valence-corrected chi connectivity index (χ3v) is 8.45. The van der Waals surface area contributed by atoms with E-state index < -0.39 is 95.7 Å². The summed E-state index contributed by atoms with van der Waals surface area (Å²) in [6.45, 7) is 0.560. The van der Waals surface area contributed by atoms with E-state index in [1.54, 1.807) is 6.92 Å². The van der Waals surface area contributed by atoms with E-state index >= 15 is 0 Å². The number of aliphatic hydroxyl groups excluding tert-OH is 2. The summed E-state index contributed by atoms with van der Waals surface area (Å²) in [7, 11) is 1.32. The maximum atomic E-state index is 13.6. The van der Waals surface area contributed by atoms with Gasteiger partial charge >= 0.3 is 0 Å². The molecule has 46 heavy (non-hydrogen) atoms. The molecule has 5 rings (SSSR count). The number of Topliss-reactive ketones (excluding diaryl/α,β-unsaturated/α-hetero) is 1. The van der Waals surface area contributed by atoms with Crippen LogP contribution in [0, 0.1) is 0 Å². The van der Waals surface area contributed by atoms with Crippen LogP contribution in [-0.2, 0) is 30.3 Å². The van der Waals surface area contributed by atoms with Gasteiger partial charge in [0.2, 0.25) is 5.78 Å². The second-order valence-corrected chi connectivity index (χ2v) is 11.4. The molecule has 1 saturated heterocycles. The third-order valence-electron chi connectivity index (χ3n) is 8.45. The number of phenolic OH excluding ortho intramolecular Hbond substituents is 2. The number of nitrogens with two attached hydrogens (primary N) is 1. The highest BCUT2D eigenvalue weighted by Crippen LogP contribution is 2.52. The van der Waals surface area contributed by atoms with Crippen molar-refractivity contribution in [1.29, 1.82) is 0 Å². The summed E-state index contributed by atoms with van der Waals surface area (Å²) in [4.78, 5) is 58.9. The lowest BCUT2D eigenvalue weighted by Crippen LogP contribution is -2.53. The zero-order valence-electron chi connectivity index (χ0n) is 25.3. The number of benzene rings is 2. The molecule has 0 unspecified atom stereocenters. The molecule has 0 amide bonds. The van der Waals surface area contributed by atoms with Crippen LogP contribution in [0.5, 0.6) is 17.2 Å². The molecule has 1 fully saturated rings. The zero-order valence-corrected chi connectivity index (χ0v) is 25.3. The SMILES string of the molecule is COc1cccc2c1C(=O)c1c(O)c3c(c(O)c1C2=O)C[C@@](O)(C(=O)CO)C[C@@H]3O[C@H]1C[C@H](N)[C@H](O)[C@H](C)O1.O=CCCCC=O. The van der Waals surface area contributed by atoms with E-state index in [1.165, 1.54) is 25.3 Å². The van der Waals surface area contributed by atoms with Crippen molar-refractivity contribution in [1.82, 2.24) is 0 Å². The van der Waals surface area contributed by atoms with Crippen LogP contribution in [-0.4, -0.2) is 99.3 Å². The molecule has 2 aromatic carbocycles. The summed E-state index contributed by atoms with van der Waals surface area (Å²) in [5.41, 5.74) is 2.37. The monoisotopic (exact) mass is 643 g/mol. The van der Waals surface area contributed by atoms with Gasteiger partial charge in [-0.3, -0.25) is 14.4 Å². The lowest BCUT2D eigenvalue weighted by Gasteiger charge is -2.42. The van der Waals surface area contributed by atoms with E-state index in [-0.39, 0.29) is 34.4 Å². The number of ketones is 3. The van der Waals surface area contributed by atoms with Gasteiger partial charge in [0.1, 0.15) is 42.0 Å². The van der Waals surface area contributed by atoms with Crippen LogP contribution >= 0.6 is 0 Å². The molecule has 7 N–H and O–H groups in total. The van der Waals surface area contributed by atoms with E-state index in [1.807, 2.05) is 0 Å². The maximum Gasteiger partial charge on any atom is 0.202 e. The van der Waals surface area contributed by atoms with E-state index in [4.69, 9.17) is 19.9 Å². The predicted octanol–water partition coefficient (Wildman–Crippen LogP) is 0.556. The Morgan fingerprint density at radius 2 is 1.74 bits per heavy atom. The molecule has 2 aliphatic carbocycles. The molecular weight excluding hydrogens is 606 g/mol. The first-order valence-electron chi connectivity index (χ1n) is 14.7. The topological polar surface area (TPSA) is 240 Å². The molecule has 6 atom stereocenters. The average Bonchev–Trinajstić information content (AvgIpc) is 3.03. The van der Waals surface area contributed by atoms with Gasteiger partial charge in [0.05, 0.1) is 42.1 Å². The summed E-state index contributed by atoms with van der Waals surface area (Å²) >= 11 is 0. The van der Waals surface area contributed by atoms with E-state index in [0.717, 1.165) is 12.6 Å². The van der Waals surface area contributed by atoms with Crippen molar-refractivity contribution in [2.45, 2.75) is 81.7 Å². The Bertz CT molecular complexity index is 1520. The van der Waals surface area contributed by atoms with Gasteiger partial charge in [0.25, 0.3) is 0 Å². The Hall–Kier alpha value is -4.05. The van der Waals surface area contributed by atoms with Crippen molar-refractivity contribution in [2.75, 3.05) is 13.7 Å². The van der Waals surface area contributed by atoms with Crippen molar-refractivity contribution >= 4 is 29.9 Å². The van der Waals surface area contributed by atoms with Gasteiger partial charge in [0.15, 0.2) is 17.9 Å². The fourth-order valence-electron chi connectivity index (χ4n) is 6.03. The van der Waals surface area contributed by atoms with Crippen LogP contribution in [0.3, 0.4) is 0 Å². The second kappa shape index (κ2) is 14.2. The number of ether oxygens (including phenoxy) is 3.